The Morgan fingerprint density at radius 2 is 1.53 bits per heavy atom. The van der Waals surface area contributed by atoms with Gasteiger partial charge in [0.15, 0.2) is 11.5 Å². The summed E-state index contributed by atoms with van der Waals surface area (Å²) in [6.07, 6.45) is 0.776. The molecule has 1 fully saturated rings. The fraction of sp³-hybridized carbons (Fsp3) is 0.409. The Kier molecular flexibility index (Phi) is 7.24. The van der Waals surface area contributed by atoms with Crippen molar-refractivity contribution in [2.45, 2.75) is 25.6 Å². The van der Waals surface area contributed by atoms with Crippen LogP contribution in [-0.2, 0) is 17.9 Å². The summed E-state index contributed by atoms with van der Waals surface area (Å²) in [5.41, 5.74) is 1.81. The van der Waals surface area contributed by atoms with E-state index in [9.17, 15) is 4.79 Å². The van der Waals surface area contributed by atoms with Crippen molar-refractivity contribution >= 4 is 5.91 Å². The van der Waals surface area contributed by atoms with E-state index in [1.54, 1.807) is 34.5 Å². The van der Waals surface area contributed by atoms with Gasteiger partial charge in [-0.15, -0.1) is 0 Å². The molecule has 30 heavy (non-hydrogen) atoms. The summed E-state index contributed by atoms with van der Waals surface area (Å²) in [6.45, 7) is 1.49. The zero-order chi connectivity index (χ0) is 21.5. The lowest BCUT2D eigenvalue weighted by Gasteiger charge is -2.17. The van der Waals surface area contributed by atoms with E-state index in [4.69, 9.17) is 23.7 Å². The highest BCUT2D eigenvalue weighted by Crippen LogP contribution is 2.39. The molecule has 0 saturated carbocycles. The van der Waals surface area contributed by atoms with Crippen molar-refractivity contribution in [3.63, 3.8) is 0 Å². The Morgan fingerprint density at radius 3 is 2.03 bits per heavy atom. The second-order valence-corrected chi connectivity index (χ2v) is 6.85. The summed E-state index contributed by atoms with van der Waals surface area (Å²) in [5.74, 6) is 3.01. The normalized spacial score (nSPS) is 15.5. The number of hydrogen-bond donors (Lipinski definition) is 2. The maximum atomic E-state index is 11.7. The minimum atomic E-state index is -0.180. The molecule has 162 valence electrons. The van der Waals surface area contributed by atoms with E-state index in [-0.39, 0.29) is 18.6 Å². The molecule has 1 heterocycles. The van der Waals surface area contributed by atoms with Crippen molar-refractivity contribution in [1.29, 1.82) is 0 Å². The van der Waals surface area contributed by atoms with Gasteiger partial charge in [-0.3, -0.25) is 4.79 Å². The molecule has 2 aromatic rings. The summed E-state index contributed by atoms with van der Waals surface area (Å²) in [4.78, 5) is 11.7. The molecule has 1 atom stereocenters. The van der Waals surface area contributed by atoms with Crippen molar-refractivity contribution in [3.05, 3.63) is 41.5 Å². The van der Waals surface area contributed by atoms with Gasteiger partial charge in [0.05, 0.1) is 34.5 Å². The second-order valence-electron chi connectivity index (χ2n) is 6.85. The Labute approximate surface area is 176 Å². The minimum Gasteiger partial charge on any atom is -0.497 e. The molecule has 1 aliphatic heterocycles. The van der Waals surface area contributed by atoms with Gasteiger partial charge >= 0.3 is 0 Å². The van der Waals surface area contributed by atoms with Gasteiger partial charge in [-0.2, -0.15) is 0 Å². The van der Waals surface area contributed by atoms with Crippen molar-refractivity contribution in [3.8, 4) is 28.7 Å². The zero-order valence-electron chi connectivity index (χ0n) is 17.7. The first kappa shape index (κ1) is 21.6. The molecular weight excluding hydrogens is 388 g/mol. The summed E-state index contributed by atoms with van der Waals surface area (Å²) in [7, 11) is 6.37. The lowest BCUT2D eigenvalue weighted by Crippen LogP contribution is -2.35. The third-order valence-electron chi connectivity index (χ3n) is 4.92. The van der Waals surface area contributed by atoms with E-state index in [0.29, 0.717) is 41.8 Å². The topological polar surface area (TPSA) is 87.3 Å². The van der Waals surface area contributed by atoms with Crippen LogP contribution in [0.3, 0.4) is 0 Å². The summed E-state index contributed by atoms with van der Waals surface area (Å²) in [6, 6.07) is 9.14. The Bertz CT molecular complexity index is 839. The van der Waals surface area contributed by atoms with Crippen LogP contribution >= 0.6 is 0 Å². The lowest BCUT2D eigenvalue weighted by atomic mass is 10.1. The molecule has 0 aliphatic carbocycles. The molecule has 3 rings (SSSR count). The number of methoxy groups -OCH3 is 4. The quantitative estimate of drug-likeness (QED) is 0.614. The van der Waals surface area contributed by atoms with Crippen molar-refractivity contribution in [1.82, 2.24) is 10.6 Å². The first-order valence-electron chi connectivity index (χ1n) is 9.68. The van der Waals surface area contributed by atoms with Crippen LogP contribution in [0, 0.1) is 0 Å². The van der Waals surface area contributed by atoms with E-state index in [2.05, 4.69) is 10.6 Å². The number of amides is 1. The molecule has 0 aromatic heterocycles. The van der Waals surface area contributed by atoms with Crippen LogP contribution in [-0.4, -0.2) is 46.9 Å². The fourth-order valence-electron chi connectivity index (χ4n) is 3.31. The van der Waals surface area contributed by atoms with Crippen LogP contribution in [0.15, 0.2) is 30.3 Å². The van der Waals surface area contributed by atoms with Crippen LogP contribution < -0.4 is 34.3 Å². The van der Waals surface area contributed by atoms with Gasteiger partial charge in [0, 0.05) is 19.2 Å². The van der Waals surface area contributed by atoms with Crippen LogP contribution in [0.5, 0.6) is 28.7 Å². The summed E-state index contributed by atoms with van der Waals surface area (Å²) < 4.78 is 27.7. The molecule has 0 spiro atoms. The van der Waals surface area contributed by atoms with Crippen molar-refractivity contribution in [2.24, 2.45) is 0 Å². The van der Waals surface area contributed by atoms with Crippen molar-refractivity contribution in [2.75, 3.05) is 35.0 Å². The highest BCUT2D eigenvalue weighted by molar-refractivity contribution is 5.83. The lowest BCUT2D eigenvalue weighted by molar-refractivity contribution is -0.120. The van der Waals surface area contributed by atoms with Gasteiger partial charge in [-0.25, -0.2) is 0 Å². The smallest absolute Gasteiger partial charge is 0.237 e. The standard InChI is InChI=1S/C22H28N2O6/c1-26-16-7-15(8-17(11-16)27-2)13-30-21-19(28-3)9-14(10-20(21)29-4)12-24-18-5-6-23-22(18)25/h7-11,18,24H,5-6,12-13H2,1-4H3,(H,23,25). The van der Waals surface area contributed by atoms with Gasteiger partial charge in [-0.05, 0) is 41.8 Å². The molecular formula is C22H28N2O6. The molecule has 8 heteroatoms. The third-order valence-corrected chi connectivity index (χ3v) is 4.92. The number of benzene rings is 2. The number of nitrogens with one attached hydrogen (secondary N) is 2. The predicted molar refractivity (Wildman–Crippen MR) is 112 cm³/mol. The number of rotatable bonds is 10. The number of hydrogen-bond acceptors (Lipinski definition) is 7. The van der Waals surface area contributed by atoms with Crippen LogP contribution in [0.2, 0.25) is 0 Å². The molecule has 1 saturated heterocycles. The molecule has 8 nitrogen and oxygen atoms in total. The SMILES string of the molecule is COc1cc(COc2c(OC)cc(CNC3CCNC3=O)cc2OC)cc(OC)c1. The monoisotopic (exact) mass is 416 g/mol. The molecule has 0 bridgehead atoms. The van der Waals surface area contributed by atoms with E-state index in [1.807, 2.05) is 24.3 Å². The van der Waals surface area contributed by atoms with Crippen LogP contribution in [0.4, 0.5) is 0 Å². The molecule has 1 amide bonds. The van der Waals surface area contributed by atoms with Crippen LogP contribution in [0.1, 0.15) is 17.5 Å². The summed E-state index contributed by atoms with van der Waals surface area (Å²) >= 11 is 0. The maximum Gasteiger partial charge on any atom is 0.237 e. The Hall–Kier alpha value is -3.13. The predicted octanol–water partition coefficient (Wildman–Crippen LogP) is 2.28. The fourth-order valence-corrected chi connectivity index (χ4v) is 3.31. The van der Waals surface area contributed by atoms with E-state index in [1.165, 1.54) is 0 Å². The number of carbonyl (C=O) groups excluding carboxylic acids is 1. The zero-order valence-corrected chi connectivity index (χ0v) is 17.7. The number of carbonyl (C=O) groups is 1. The average Bonchev–Trinajstić information content (AvgIpc) is 3.20. The van der Waals surface area contributed by atoms with Gasteiger partial charge in [-0.1, -0.05) is 0 Å². The van der Waals surface area contributed by atoms with Gasteiger partial charge < -0.3 is 34.3 Å². The van der Waals surface area contributed by atoms with Crippen molar-refractivity contribution < 1.29 is 28.5 Å². The number of ether oxygens (including phenoxy) is 5. The first-order valence-corrected chi connectivity index (χ1v) is 9.68. The highest BCUT2D eigenvalue weighted by atomic mass is 16.5. The molecule has 2 N–H and O–H groups in total. The summed E-state index contributed by atoms with van der Waals surface area (Å²) in [5, 5.41) is 6.08. The van der Waals surface area contributed by atoms with Gasteiger partial charge in [0.25, 0.3) is 0 Å². The largest absolute Gasteiger partial charge is 0.497 e. The maximum absolute atomic E-state index is 11.7. The van der Waals surface area contributed by atoms with E-state index >= 15 is 0 Å². The van der Waals surface area contributed by atoms with E-state index in [0.717, 1.165) is 17.5 Å². The minimum absolute atomic E-state index is 0.0302. The first-order chi connectivity index (χ1) is 14.6. The third kappa shape index (κ3) is 5.07. The molecule has 1 aliphatic rings. The molecule has 1 unspecified atom stereocenters. The van der Waals surface area contributed by atoms with Gasteiger partial charge in [0.2, 0.25) is 11.7 Å². The van der Waals surface area contributed by atoms with Gasteiger partial charge in [0.1, 0.15) is 18.1 Å². The average molecular weight is 416 g/mol. The highest BCUT2D eigenvalue weighted by Gasteiger charge is 2.23. The second kappa shape index (κ2) is 10.1. The Morgan fingerprint density at radius 1 is 0.900 bits per heavy atom. The molecule has 0 radical (unpaired) electrons. The molecule has 2 aromatic carbocycles. The van der Waals surface area contributed by atoms with E-state index < -0.39 is 0 Å². The Balaban J connectivity index is 1.76. The van der Waals surface area contributed by atoms with Crippen LogP contribution in [0.25, 0.3) is 0 Å².